The molecule has 0 spiro atoms. The van der Waals surface area contributed by atoms with Crippen LogP contribution in [-0.2, 0) is 0 Å². The number of rotatable bonds is 4. The molecule has 1 heterocycles. The molecule has 0 saturated carbocycles. The van der Waals surface area contributed by atoms with E-state index in [4.69, 9.17) is 0 Å². The Labute approximate surface area is 128 Å². The molecule has 21 heavy (non-hydrogen) atoms. The second-order valence-electron chi connectivity index (χ2n) is 6.38. The quantitative estimate of drug-likeness (QED) is 0.844. The van der Waals surface area contributed by atoms with Crippen molar-refractivity contribution in [3.05, 3.63) is 29.8 Å². The Morgan fingerprint density at radius 1 is 1.10 bits per heavy atom. The highest BCUT2D eigenvalue weighted by molar-refractivity contribution is 5.94. The number of anilines is 1. The van der Waals surface area contributed by atoms with Gasteiger partial charge in [-0.25, -0.2) is 0 Å². The van der Waals surface area contributed by atoms with E-state index in [0.717, 1.165) is 31.7 Å². The predicted octanol–water partition coefficient (Wildman–Crippen LogP) is 3.65. The van der Waals surface area contributed by atoms with Gasteiger partial charge in [0.05, 0.1) is 0 Å². The molecule has 0 N–H and O–H groups in total. The van der Waals surface area contributed by atoms with Crippen LogP contribution in [0.5, 0.6) is 0 Å². The predicted molar refractivity (Wildman–Crippen MR) is 88.9 cm³/mol. The molecular weight excluding hydrogens is 260 g/mol. The second kappa shape index (κ2) is 6.97. The van der Waals surface area contributed by atoms with E-state index < -0.39 is 0 Å². The first-order valence-electron chi connectivity index (χ1n) is 8.19. The first-order chi connectivity index (χ1) is 10.0. The Morgan fingerprint density at radius 3 is 2.10 bits per heavy atom. The normalized spacial score (nSPS) is 22.2. The monoisotopic (exact) mass is 288 g/mol. The van der Waals surface area contributed by atoms with Gasteiger partial charge in [-0.1, -0.05) is 13.8 Å². The lowest BCUT2D eigenvalue weighted by atomic mass is 9.91. The van der Waals surface area contributed by atoms with Gasteiger partial charge in [-0.05, 0) is 56.4 Å². The van der Waals surface area contributed by atoms with Crippen LogP contribution in [0, 0.1) is 11.8 Å². The molecule has 0 radical (unpaired) electrons. The number of hydrogen-bond acceptors (Lipinski definition) is 2. The number of amides is 1. The van der Waals surface area contributed by atoms with E-state index in [-0.39, 0.29) is 5.91 Å². The number of benzene rings is 1. The van der Waals surface area contributed by atoms with Gasteiger partial charge in [0.2, 0.25) is 0 Å². The molecule has 3 heteroatoms. The van der Waals surface area contributed by atoms with Gasteiger partial charge in [-0.3, -0.25) is 4.79 Å². The zero-order valence-corrected chi connectivity index (χ0v) is 13.8. The van der Waals surface area contributed by atoms with Gasteiger partial charge in [0.25, 0.3) is 5.91 Å². The molecule has 2 unspecified atom stereocenters. The number of likely N-dealkylation sites (tertiary alicyclic amines) is 1. The number of hydrogen-bond donors (Lipinski definition) is 0. The molecule has 1 saturated heterocycles. The van der Waals surface area contributed by atoms with Crippen molar-refractivity contribution in [3.63, 3.8) is 0 Å². The van der Waals surface area contributed by atoms with Crippen molar-refractivity contribution in [2.75, 3.05) is 31.1 Å². The van der Waals surface area contributed by atoms with E-state index in [0.29, 0.717) is 11.8 Å². The molecule has 1 aliphatic rings. The highest BCUT2D eigenvalue weighted by atomic mass is 16.2. The van der Waals surface area contributed by atoms with E-state index in [9.17, 15) is 4.79 Å². The van der Waals surface area contributed by atoms with Crippen LogP contribution in [0.4, 0.5) is 5.69 Å². The molecule has 116 valence electrons. The van der Waals surface area contributed by atoms with Crippen molar-refractivity contribution < 1.29 is 4.79 Å². The van der Waals surface area contributed by atoms with Crippen LogP contribution in [0.25, 0.3) is 0 Å². The molecule has 0 aromatic heterocycles. The Hall–Kier alpha value is -1.51. The van der Waals surface area contributed by atoms with Gasteiger partial charge in [0.1, 0.15) is 0 Å². The highest BCUT2D eigenvalue weighted by Gasteiger charge is 2.26. The summed E-state index contributed by atoms with van der Waals surface area (Å²) in [6.07, 6.45) is 1.23. The molecule has 1 aliphatic heterocycles. The third kappa shape index (κ3) is 3.78. The molecule has 2 atom stereocenters. The minimum Gasteiger partial charge on any atom is -0.372 e. The Bertz CT molecular complexity index is 455. The van der Waals surface area contributed by atoms with Crippen molar-refractivity contribution >= 4 is 11.6 Å². The summed E-state index contributed by atoms with van der Waals surface area (Å²) in [6, 6.07) is 8.08. The van der Waals surface area contributed by atoms with Gasteiger partial charge in [-0.2, -0.15) is 0 Å². The Balaban J connectivity index is 2.09. The average Bonchev–Trinajstić information content (AvgIpc) is 2.47. The maximum absolute atomic E-state index is 12.6. The third-order valence-corrected chi connectivity index (χ3v) is 4.40. The van der Waals surface area contributed by atoms with Crippen molar-refractivity contribution in [1.82, 2.24) is 4.90 Å². The lowest BCUT2D eigenvalue weighted by molar-refractivity contribution is 0.0623. The smallest absolute Gasteiger partial charge is 0.253 e. The molecule has 1 amide bonds. The van der Waals surface area contributed by atoms with Crippen LogP contribution in [0.3, 0.4) is 0 Å². The van der Waals surface area contributed by atoms with Crippen LogP contribution in [0.1, 0.15) is 44.5 Å². The van der Waals surface area contributed by atoms with Crippen molar-refractivity contribution in [2.24, 2.45) is 11.8 Å². The first-order valence-corrected chi connectivity index (χ1v) is 8.19. The van der Waals surface area contributed by atoms with Crippen LogP contribution >= 0.6 is 0 Å². The fourth-order valence-electron chi connectivity index (χ4n) is 3.41. The number of carbonyl (C=O) groups is 1. The zero-order valence-electron chi connectivity index (χ0n) is 13.8. The Morgan fingerprint density at radius 2 is 1.62 bits per heavy atom. The van der Waals surface area contributed by atoms with Crippen molar-refractivity contribution in [1.29, 1.82) is 0 Å². The van der Waals surface area contributed by atoms with E-state index >= 15 is 0 Å². The van der Waals surface area contributed by atoms with Crippen molar-refractivity contribution in [3.8, 4) is 0 Å². The van der Waals surface area contributed by atoms with E-state index in [1.165, 1.54) is 12.1 Å². The maximum Gasteiger partial charge on any atom is 0.253 e. The first kappa shape index (κ1) is 15.9. The summed E-state index contributed by atoms with van der Waals surface area (Å²) in [4.78, 5) is 16.9. The third-order valence-electron chi connectivity index (χ3n) is 4.40. The standard InChI is InChI=1S/C18H28N2O/c1-5-19(6-2)17-9-7-16(8-10-17)18(21)20-12-14(3)11-15(4)13-20/h7-10,14-15H,5-6,11-13H2,1-4H3. The minimum absolute atomic E-state index is 0.180. The van der Waals surface area contributed by atoms with Gasteiger partial charge in [0, 0.05) is 37.4 Å². The van der Waals surface area contributed by atoms with E-state index in [2.05, 4.69) is 44.7 Å². The molecule has 1 fully saturated rings. The summed E-state index contributed by atoms with van der Waals surface area (Å²) in [5.41, 5.74) is 2.00. The van der Waals surface area contributed by atoms with Gasteiger partial charge in [0.15, 0.2) is 0 Å². The fraction of sp³-hybridized carbons (Fsp3) is 0.611. The number of piperidine rings is 1. The molecule has 3 nitrogen and oxygen atoms in total. The van der Waals surface area contributed by atoms with Crippen molar-refractivity contribution in [2.45, 2.75) is 34.1 Å². The summed E-state index contributed by atoms with van der Waals surface area (Å²) in [5, 5.41) is 0. The Kier molecular flexibility index (Phi) is 5.27. The van der Waals surface area contributed by atoms with Gasteiger partial charge in [-0.15, -0.1) is 0 Å². The van der Waals surface area contributed by atoms with E-state index in [1.807, 2.05) is 17.0 Å². The van der Waals surface area contributed by atoms with Gasteiger partial charge >= 0.3 is 0 Å². The largest absolute Gasteiger partial charge is 0.372 e. The van der Waals surface area contributed by atoms with E-state index in [1.54, 1.807) is 0 Å². The molecule has 1 aromatic rings. The van der Waals surface area contributed by atoms with Crippen LogP contribution in [0.15, 0.2) is 24.3 Å². The minimum atomic E-state index is 0.180. The summed E-state index contributed by atoms with van der Waals surface area (Å²) in [6.45, 7) is 12.5. The van der Waals surface area contributed by atoms with Gasteiger partial charge < -0.3 is 9.80 Å². The topological polar surface area (TPSA) is 23.6 Å². The lowest BCUT2D eigenvalue weighted by Crippen LogP contribution is -2.42. The molecule has 0 bridgehead atoms. The lowest BCUT2D eigenvalue weighted by Gasteiger charge is -2.35. The summed E-state index contributed by atoms with van der Waals surface area (Å²) >= 11 is 0. The summed E-state index contributed by atoms with van der Waals surface area (Å²) in [5.74, 6) is 1.39. The van der Waals surface area contributed by atoms with Crippen LogP contribution < -0.4 is 4.90 Å². The summed E-state index contributed by atoms with van der Waals surface area (Å²) in [7, 11) is 0. The zero-order chi connectivity index (χ0) is 15.4. The maximum atomic E-state index is 12.6. The average molecular weight is 288 g/mol. The molecule has 0 aliphatic carbocycles. The molecule has 1 aromatic carbocycles. The molecule has 2 rings (SSSR count). The van der Waals surface area contributed by atoms with Crippen LogP contribution in [0.2, 0.25) is 0 Å². The number of nitrogens with zero attached hydrogens (tertiary/aromatic N) is 2. The summed E-state index contributed by atoms with van der Waals surface area (Å²) < 4.78 is 0. The second-order valence-corrected chi connectivity index (χ2v) is 6.38. The van der Waals surface area contributed by atoms with Crippen LogP contribution in [-0.4, -0.2) is 37.0 Å². The fourth-order valence-corrected chi connectivity index (χ4v) is 3.41. The highest BCUT2D eigenvalue weighted by Crippen LogP contribution is 2.23. The number of carbonyl (C=O) groups excluding carboxylic acids is 1. The SMILES string of the molecule is CCN(CC)c1ccc(C(=O)N2CC(C)CC(C)C2)cc1. The molecular formula is C18H28N2O.